The molecular weight excluding hydrogens is 392 g/mol. The summed E-state index contributed by atoms with van der Waals surface area (Å²) in [5.41, 5.74) is 1.02. The maximum atomic E-state index is 12.9. The van der Waals surface area contributed by atoms with Gasteiger partial charge in [-0.1, -0.05) is 28.1 Å². The molecule has 3 atom stereocenters. The molecule has 1 aromatic rings. The third-order valence-electron chi connectivity index (χ3n) is 4.75. The van der Waals surface area contributed by atoms with Crippen LogP contribution in [0.15, 0.2) is 28.7 Å². The second kappa shape index (κ2) is 7.19. The van der Waals surface area contributed by atoms with Crippen LogP contribution in [0, 0.1) is 11.8 Å². The number of amides is 1. The summed E-state index contributed by atoms with van der Waals surface area (Å²) in [5, 5.41) is 3.70. The van der Waals surface area contributed by atoms with Crippen molar-refractivity contribution in [2.24, 2.45) is 11.8 Å². The molecule has 0 bridgehead atoms. The summed E-state index contributed by atoms with van der Waals surface area (Å²) >= 11 is 8.85. The summed E-state index contributed by atoms with van der Waals surface area (Å²) in [7, 11) is 1.40. The van der Waals surface area contributed by atoms with Crippen LogP contribution < -0.4 is 5.32 Å². The van der Waals surface area contributed by atoms with Crippen molar-refractivity contribution >= 4 is 45.1 Å². The van der Waals surface area contributed by atoms with Gasteiger partial charge in [-0.05, 0) is 49.2 Å². The quantitative estimate of drug-likeness (QED) is 0.612. The van der Waals surface area contributed by atoms with Gasteiger partial charge in [0.1, 0.15) is 0 Å². The largest absolute Gasteiger partial charge is 0.469 e. The van der Waals surface area contributed by atoms with Gasteiger partial charge < -0.3 is 10.1 Å². The predicted molar refractivity (Wildman–Crippen MR) is 97.1 cm³/mol. The zero-order valence-electron chi connectivity index (χ0n) is 13.3. The molecule has 3 rings (SSSR count). The molecule has 1 aromatic carbocycles. The Morgan fingerprint density at radius 1 is 1.46 bits per heavy atom. The number of carbonyl (C=O) groups excluding carboxylic acids is 2. The Balaban J connectivity index is 1.72. The number of carbonyl (C=O) groups is 2. The highest BCUT2D eigenvalue weighted by atomic mass is 79.9. The smallest absolute Gasteiger partial charge is 0.308 e. The molecule has 1 aliphatic carbocycles. The lowest BCUT2D eigenvalue weighted by atomic mass is 9.76. The van der Waals surface area contributed by atoms with Gasteiger partial charge in [-0.25, -0.2) is 0 Å². The first kappa shape index (κ1) is 17.4. The number of ether oxygens (including phenoxy) is 1. The minimum atomic E-state index is -0.204. The number of nitrogens with one attached hydrogen (secondary N) is 1. The maximum Gasteiger partial charge on any atom is 0.308 e. The van der Waals surface area contributed by atoms with Gasteiger partial charge in [0.25, 0.3) is 0 Å². The van der Waals surface area contributed by atoms with Crippen LogP contribution in [0.25, 0.3) is 0 Å². The topological polar surface area (TPSA) is 58.6 Å². The highest BCUT2D eigenvalue weighted by molar-refractivity contribution is 9.10. The molecule has 7 heteroatoms. The highest BCUT2D eigenvalue weighted by Crippen LogP contribution is 2.34. The van der Waals surface area contributed by atoms with Gasteiger partial charge in [-0.3, -0.25) is 14.5 Å². The van der Waals surface area contributed by atoms with Gasteiger partial charge in [0.05, 0.1) is 25.5 Å². The van der Waals surface area contributed by atoms with E-state index in [1.807, 2.05) is 24.3 Å². The first-order chi connectivity index (χ1) is 11.5. The van der Waals surface area contributed by atoms with E-state index in [0.29, 0.717) is 30.9 Å². The van der Waals surface area contributed by atoms with Gasteiger partial charge in [-0.15, -0.1) is 0 Å². The summed E-state index contributed by atoms with van der Waals surface area (Å²) in [6.45, 7) is 0.452. The van der Waals surface area contributed by atoms with Gasteiger partial charge in [0.2, 0.25) is 5.91 Å². The molecule has 24 heavy (non-hydrogen) atoms. The Labute approximate surface area is 154 Å². The van der Waals surface area contributed by atoms with Crippen molar-refractivity contribution < 1.29 is 14.3 Å². The molecule has 2 fully saturated rings. The zero-order chi connectivity index (χ0) is 17.3. The Bertz CT molecular complexity index is 682. The lowest BCUT2D eigenvalue weighted by Gasteiger charge is -2.43. The van der Waals surface area contributed by atoms with Crippen molar-refractivity contribution in [3.05, 3.63) is 34.3 Å². The average Bonchev–Trinajstić information content (AvgIpc) is 2.57. The summed E-state index contributed by atoms with van der Waals surface area (Å²) in [5.74, 6) is -0.446. The van der Waals surface area contributed by atoms with Crippen molar-refractivity contribution in [2.75, 3.05) is 7.11 Å². The summed E-state index contributed by atoms with van der Waals surface area (Å²) in [6, 6.07) is 7.76. The second-order valence-electron chi connectivity index (χ2n) is 6.25. The molecule has 0 aromatic heterocycles. The molecule has 1 aliphatic heterocycles. The number of hydrogen-bond donors (Lipinski definition) is 1. The third-order valence-corrected chi connectivity index (χ3v) is 5.58. The van der Waals surface area contributed by atoms with Crippen molar-refractivity contribution in [3.63, 3.8) is 0 Å². The van der Waals surface area contributed by atoms with Crippen molar-refractivity contribution in [3.8, 4) is 0 Å². The van der Waals surface area contributed by atoms with E-state index in [1.54, 1.807) is 4.90 Å². The van der Waals surface area contributed by atoms with E-state index in [1.165, 1.54) is 7.11 Å². The van der Waals surface area contributed by atoms with Gasteiger partial charge >= 0.3 is 5.97 Å². The number of benzene rings is 1. The fraction of sp³-hybridized carbons (Fsp3) is 0.471. The number of nitrogens with zero attached hydrogens (tertiary/aromatic N) is 1. The number of thiocarbonyl (C=S) groups is 1. The van der Waals surface area contributed by atoms with Gasteiger partial charge in [-0.2, -0.15) is 0 Å². The normalized spacial score (nSPS) is 26.6. The number of fused-ring (bicyclic) bond motifs is 1. The first-order valence-electron chi connectivity index (χ1n) is 7.93. The minimum absolute atomic E-state index is 0.0482. The summed E-state index contributed by atoms with van der Waals surface area (Å²) in [4.78, 5) is 26.3. The Morgan fingerprint density at radius 2 is 2.25 bits per heavy atom. The number of hydrogen-bond acceptors (Lipinski definition) is 4. The molecule has 0 spiro atoms. The molecule has 5 nitrogen and oxygen atoms in total. The molecule has 1 N–H and O–H groups in total. The van der Waals surface area contributed by atoms with E-state index in [-0.39, 0.29) is 29.8 Å². The molecule has 3 unspecified atom stereocenters. The Kier molecular flexibility index (Phi) is 5.20. The summed E-state index contributed by atoms with van der Waals surface area (Å²) < 4.78 is 5.81. The van der Waals surface area contributed by atoms with Crippen molar-refractivity contribution in [1.82, 2.24) is 10.2 Å². The SMILES string of the molecule is COC(=O)C1CCC2C(=O)N(Cc3cccc(Br)c3)C(=S)NC2C1. The van der Waals surface area contributed by atoms with Crippen LogP contribution in [0.4, 0.5) is 0 Å². The van der Waals surface area contributed by atoms with Crippen LogP contribution in [-0.4, -0.2) is 35.0 Å². The lowest BCUT2D eigenvalue weighted by Crippen LogP contribution is -2.61. The zero-order valence-corrected chi connectivity index (χ0v) is 15.7. The number of methoxy groups -OCH3 is 1. The predicted octanol–water partition coefficient (Wildman–Crippen LogP) is 2.62. The average molecular weight is 411 g/mol. The third kappa shape index (κ3) is 3.47. The van der Waals surface area contributed by atoms with Crippen molar-refractivity contribution in [1.29, 1.82) is 0 Å². The van der Waals surface area contributed by atoms with Crippen LogP contribution in [0.5, 0.6) is 0 Å². The second-order valence-corrected chi connectivity index (χ2v) is 7.55. The Hall–Kier alpha value is -1.47. The molecular formula is C17H19BrN2O3S. The van der Waals surface area contributed by atoms with Crippen molar-refractivity contribution in [2.45, 2.75) is 31.8 Å². The van der Waals surface area contributed by atoms with E-state index in [9.17, 15) is 9.59 Å². The fourth-order valence-corrected chi connectivity index (χ4v) is 4.26. The standard InChI is InChI=1S/C17H19BrN2O3S/c1-23-16(22)11-5-6-13-14(8-11)19-17(24)20(15(13)21)9-10-3-2-4-12(18)7-10/h2-4,7,11,13-14H,5-6,8-9H2,1H3,(H,19,24). The number of halogens is 1. The molecule has 1 amide bonds. The van der Waals surface area contributed by atoms with Crippen LogP contribution >= 0.6 is 28.1 Å². The first-order valence-corrected chi connectivity index (χ1v) is 9.14. The molecule has 0 radical (unpaired) electrons. The molecule has 2 aliphatic rings. The van der Waals surface area contributed by atoms with E-state index in [2.05, 4.69) is 21.2 Å². The lowest BCUT2D eigenvalue weighted by molar-refractivity contribution is -0.149. The van der Waals surface area contributed by atoms with Crippen LogP contribution in [-0.2, 0) is 20.9 Å². The van der Waals surface area contributed by atoms with E-state index in [0.717, 1.165) is 10.0 Å². The minimum Gasteiger partial charge on any atom is -0.469 e. The molecule has 1 saturated heterocycles. The van der Waals surface area contributed by atoms with Gasteiger partial charge in [0.15, 0.2) is 5.11 Å². The molecule has 1 heterocycles. The number of rotatable bonds is 3. The molecule has 128 valence electrons. The number of esters is 1. The monoisotopic (exact) mass is 410 g/mol. The Morgan fingerprint density at radius 3 is 2.96 bits per heavy atom. The van der Waals surface area contributed by atoms with E-state index in [4.69, 9.17) is 17.0 Å². The highest BCUT2D eigenvalue weighted by Gasteiger charge is 2.44. The van der Waals surface area contributed by atoms with Gasteiger partial charge in [0, 0.05) is 10.5 Å². The van der Waals surface area contributed by atoms with Crippen LogP contribution in [0.3, 0.4) is 0 Å². The van der Waals surface area contributed by atoms with Crippen LogP contribution in [0.1, 0.15) is 24.8 Å². The van der Waals surface area contributed by atoms with E-state index < -0.39 is 0 Å². The molecule has 1 saturated carbocycles. The fourth-order valence-electron chi connectivity index (χ4n) is 3.51. The van der Waals surface area contributed by atoms with Crippen LogP contribution in [0.2, 0.25) is 0 Å². The van der Waals surface area contributed by atoms with E-state index >= 15 is 0 Å². The maximum absolute atomic E-state index is 12.9. The summed E-state index contributed by atoms with van der Waals surface area (Å²) in [6.07, 6.45) is 1.94.